The molecule has 2 aromatic rings. The summed E-state index contributed by atoms with van der Waals surface area (Å²) in [6.07, 6.45) is 0. The maximum absolute atomic E-state index is 5.39. The highest BCUT2D eigenvalue weighted by atomic mass is 16.5. The molecule has 0 bridgehead atoms. The van der Waals surface area contributed by atoms with Crippen LogP contribution in [-0.4, -0.2) is 56.0 Å². The summed E-state index contributed by atoms with van der Waals surface area (Å²) in [5.41, 5.74) is 4.72. The minimum atomic E-state index is 0.729. The van der Waals surface area contributed by atoms with Crippen LogP contribution in [0, 0.1) is 6.92 Å². The zero-order chi connectivity index (χ0) is 19.2. The summed E-state index contributed by atoms with van der Waals surface area (Å²) in [4.78, 5) is 2.49. The number of hydrogen-bond donors (Lipinski definition) is 0. The number of ether oxygens (including phenoxy) is 2. The van der Waals surface area contributed by atoms with Crippen molar-refractivity contribution < 1.29 is 9.47 Å². The lowest BCUT2D eigenvalue weighted by Gasteiger charge is -2.33. The van der Waals surface area contributed by atoms with E-state index in [1.54, 1.807) is 14.2 Å². The van der Waals surface area contributed by atoms with Crippen LogP contribution in [0.2, 0.25) is 0 Å². The smallest absolute Gasteiger partial charge is 0.161 e. The molecule has 1 heterocycles. The van der Waals surface area contributed by atoms with Gasteiger partial charge in [0.15, 0.2) is 11.5 Å². The van der Waals surface area contributed by atoms with Gasteiger partial charge in [-0.15, -0.1) is 0 Å². The molecular formula is C22H29N3O2. The third kappa shape index (κ3) is 5.01. The molecule has 0 N–H and O–H groups in total. The van der Waals surface area contributed by atoms with Crippen molar-refractivity contribution in [2.75, 3.05) is 40.4 Å². The summed E-state index contributed by atoms with van der Waals surface area (Å²) < 4.78 is 10.7. The van der Waals surface area contributed by atoms with Crippen molar-refractivity contribution in [3.05, 3.63) is 59.2 Å². The Morgan fingerprint density at radius 1 is 0.926 bits per heavy atom. The maximum atomic E-state index is 5.39. The number of hydrogen-bond acceptors (Lipinski definition) is 5. The largest absolute Gasteiger partial charge is 0.493 e. The Morgan fingerprint density at radius 3 is 2.22 bits per heavy atom. The summed E-state index contributed by atoms with van der Waals surface area (Å²) in [5.74, 6) is 1.46. The molecule has 0 radical (unpaired) electrons. The predicted octanol–water partition coefficient (Wildman–Crippen LogP) is 3.55. The summed E-state index contributed by atoms with van der Waals surface area (Å²) in [7, 11) is 3.30. The number of methoxy groups -OCH3 is 2. The van der Waals surface area contributed by atoms with Gasteiger partial charge in [-0.25, -0.2) is 0 Å². The van der Waals surface area contributed by atoms with Gasteiger partial charge >= 0.3 is 0 Å². The molecule has 144 valence electrons. The van der Waals surface area contributed by atoms with E-state index in [0.29, 0.717) is 0 Å². The number of piperazine rings is 1. The molecule has 0 amide bonds. The molecule has 0 aliphatic carbocycles. The molecule has 3 rings (SSSR count). The highest BCUT2D eigenvalue weighted by Crippen LogP contribution is 2.27. The Bertz CT molecular complexity index is 779. The minimum absolute atomic E-state index is 0.729. The zero-order valence-electron chi connectivity index (χ0n) is 16.7. The molecular weight excluding hydrogens is 338 g/mol. The van der Waals surface area contributed by atoms with E-state index in [1.165, 1.54) is 11.1 Å². The van der Waals surface area contributed by atoms with E-state index in [0.717, 1.165) is 55.5 Å². The van der Waals surface area contributed by atoms with Crippen molar-refractivity contribution in [1.29, 1.82) is 0 Å². The third-order valence-corrected chi connectivity index (χ3v) is 4.97. The first-order valence-electron chi connectivity index (χ1n) is 9.39. The predicted molar refractivity (Wildman–Crippen MR) is 110 cm³/mol. The highest BCUT2D eigenvalue weighted by molar-refractivity contribution is 5.99. The third-order valence-electron chi connectivity index (χ3n) is 4.97. The van der Waals surface area contributed by atoms with Crippen LogP contribution in [0.15, 0.2) is 47.6 Å². The fourth-order valence-corrected chi connectivity index (χ4v) is 3.28. The van der Waals surface area contributed by atoms with Gasteiger partial charge < -0.3 is 9.47 Å². The van der Waals surface area contributed by atoms with Crippen LogP contribution in [0.3, 0.4) is 0 Å². The van der Waals surface area contributed by atoms with Crippen molar-refractivity contribution >= 4 is 5.71 Å². The Balaban J connectivity index is 1.58. The topological polar surface area (TPSA) is 37.3 Å². The molecule has 1 fully saturated rings. The Hall–Kier alpha value is -2.53. The highest BCUT2D eigenvalue weighted by Gasteiger charge is 2.16. The minimum Gasteiger partial charge on any atom is -0.493 e. The number of aryl methyl sites for hydroxylation is 1. The first-order chi connectivity index (χ1) is 13.1. The summed E-state index contributed by atoms with van der Waals surface area (Å²) in [6, 6.07) is 14.7. The van der Waals surface area contributed by atoms with Gasteiger partial charge in [-0.1, -0.05) is 29.8 Å². The van der Waals surface area contributed by atoms with E-state index in [1.807, 2.05) is 25.1 Å². The molecule has 0 atom stereocenters. The van der Waals surface area contributed by atoms with E-state index in [-0.39, 0.29) is 0 Å². The van der Waals surface area contributed by atoms with Gasteiger partial charge in [0.2, 0.25) is 0 Å². The molecule has 5 nitrogen and oxygen atoms in total. The van der Waals surface area contributed by atoms with Crippen molar-refractivity contribution in [2.45, 2.75) is 20.4 Å². The van der Waals surface area contributed by atoms with Gasteiger partial charge in [-0.05, 0) is 37.6 Å². The number of hydrazone groups is 1. The Morgan fingerprint density at radius 2 is 1.59 bits per heavy atom. The van der Waals surface area contributed by atoms with E-state index in [9.17, 15) is 0 Å². The quantitative estimate of drug-likeness (QED) is 0.732. The summed E-state index contributed by atoms with van der Waals surface area (Å²) in [6.45, 7) is 9.11. The van der Waals surface area contributed by atoms with E-state index in [2.05, 4.69) is 41.1 Å². The van der Waals surface area contributed by atoms with Crippen LogP contribution in [0.4, 0.5) is 0 Å². The van der Waals surface area contributed by atoms with Crippen LogP contribution in [0.25, 0.3) is 0 Å². The van der Waals surface area contributed by atoms with Crippen molar-refractivity contribution in [3.63, 3.8) is 0 Å². The molecule has 5 heteroatoms. The molecule has 1 aliphatic heterocycles. The lowest BCUT2D eigenvalue weighted by Crippen LogP contribution is -2.43. The molecule has 2 aromatic carbocycles. The van der Waals surface area contributed by atoms with E-state index >= 15 is 0 Å². The molecule has 1 aliphatic rings. The average molecular weight is 367 g/mol. The monoisotopic (exact) mass is 367 g/mol. The van der Waals surface area contributed by atoms with Crippen molar-refractivity contribution in [2.24, 2.45) is 5.10 Å². The van der Waals surface area contributed by atoms with Crippen molar-refractivity contribution in [3.8, 4) is 11.5 Å². The van der Waals surface area contributed by atoms with Crippen LogP contribution >= 0.6 is 0 Å². The SMILES string of the molecule is COc1ccc(C(C)=NN2CCN(Cc3ccc(C)cc3)CC2)cc1OC. The fourth-order valence-electron chi connectivity index (χ4n) is 3.28. The summed E-state index contributed by atoms with van der Waals surface area (Å²) >= 11 is 0. The molecule has 0 saturated carbocycles. The summed E-state index contributed by atoms with van der Waals surface area (Å²) in [5, 5.41) is 6.98. The average Bonchev–Trinajstić information content (AvgIpc) is 2.70. The lowest BCUT2D eigenvalue weighted by atomic mass is 10.1. The lowest BCUT2D eigenvalue weighted by molar-refractivity contribution is 0.130. The van der Waals surface area contributed by atoms with Gasteiger partial charge in [-0.3, -0.25) is 9.91 Å². The van der Waals surface area contributed by atoms with Gasteiger partial charge in [0.05, 0.1) is 19.9 Å². The number of nitrogens with zero attached hydrogens (tertiary/aromatic N) is 3. The Kier molecular flexibility index (Phi) is 6.35. The fraction of sp³-hybridized carbons (Fsp3) is 0.409. The zero-order valence-corrected chi connectivity index (χ0v) is 16.7. The molecule has 1 saturated heterocycles. The van der Waals surface area contributed by atoms with Crippen LogP contribution in [0.1, 0.15) is 23.6 Å². The second-order valence-electron chi connectivity index (χ2n) is 6.97. The molecule has 0 aromatic heterocycles. The Labute approximate surface area is 162 Å². The molecule has 27 heavy (non-hydrogen) atoms. The van der Waals surface area contributed by atoms with Crippen LogP contribution < -0.4 is 9.47 Å². The second-order valence-corrected chi connectivity index (χ2v) is 6.97. The maximum Gasteiger partial charge on any atom is 0.161 e. The second kappa shape index (κ2) is 8.91. The molecule has 0 unspecified atom stereocenters. The van der Waals surface area contributed by atoms with Crippen LogP contribution in [0.5, 0.6) is 11.5 Å². The molecule has 0 spiro atoms. The van der Waals surface area contributed by atoms with Gasteiger partial charge in [0.25, 0.3) is 0 Å². The number of rotatable bonds is 6. The number of benzene rings is 2. The van der Waals surface area contributed by atoms with Crippen molar-refractivity contribution in [1.82, 2.24) is 9.91 Å². The van der Waals surface area contributed by atoms with Gasteiger partial charge in [0, 0.05) is 38.3 Å². The normalized spacial score (nSPS) is 15.7. The van der Waals surface area contributed by atoms with Gasteiger partial charge in [-0.2, -0.15) is 5.10 Å². The van der Waals surface area contributed by atoms with Crippen LogP contribution in [-0.2, 0) is 6.54 Å². The standard InChI is InChI=1S/C22H29N3O2/c1-17-5-7-19(8-6-17)16-24-11-13-25(14-12-24)23-18(2)20-9-10-21(26-3)22(15-20)27-4/h5-10,15H,11-14,16H2,1-4H3. The first kappa shape index (κ1) is 19.2. The first-order valence-corrected chi connectivity index (χ1v) is 9.39. The van der Waals surface area contributed by atoms with E-state index in [4.69, 9.17) is 14.6 Å². The van der Waals surface area contributed by atoms with Gasteiger partial charge in [0.1, 0.15) is 0 Å². The van der Waals surface area contributed by atoms with E-state index < -0.39 is 0 Å².